The number of fused-ring (bicyclic) bond motifs is 1. The van der Waals surface area contributed by atoms with Crippen LogP contribution in [0, 0.1) is 13.8 Å². The predicted molar refractivity (Wildman–Crippen MR) is 117 cm³/mol. The number of hydrogen-bond donors (Lipinski definition) is 3. The van der Waals surface area contributed by atoms with Gasteiger partial charge in [0.15, 0.2) is 5.82 Å². The molecule has 0 radical (unpaired) electrons. The number of nitrogens with two attached hydrogens (primary N) is 1. The number of aryl methyl sites for hydroxylation is 2. The predicted octanol–water partition coefficient (Wildman–Crippen LogP) is 4.38. The minimum absolute atomic E-state index is 0.189. The van der Waals surface area contributed by atoms with Crippen LogP contribution in [0.2, 0.25) is 0 Å². The van der Waals surface area contributed by atoms with Crippen LogP contribution < -0.4 is 21.3 Å². The highest BCUT2D eigenvalue weighted by Crippen LogP contribution is 2.29. The first kappa shape index (κ1) is 19.2. The van der Waals surface area contributed by atoms with E-state index in [1.54, 1.807) is 6.07 Å². The number of nitrogens with zero attached hydrogens (tertiary/aromatic N) is 2. The van der Waals surface area contributed by atoms with Gasteiger partial charge in [-0.2, -0.15) is 4.98 Å². The van der Waals surface area contributed by atoms with Crippen LogP contribution in [-0.4, -0.2) is 15.9 Å². The Morgan fingerprint density at radius 2 is 1.77 bits per heavy atom. The molecule has 4 rings (SSSR count). The van der Waals surface area contributed by atoms with Gasteiger partial charge in [0.05, 0.1) is 0 Å². The fourth-order valence-corrected chi connectivity index (χ4v) is 3.06. The number of benzene rings is 3. The van der Waals surface area contributed by atoms with Gasteiger partial charge >= 0.3 is 0 Å². The highest BCUT2D eigenvalue weighted by molar-refractivity contribution is 6.07. The van der Waals surface area contributed by atoms with Gasteiger partial charge in [-0.1, -0.05) is 42.5 Å². The number of carbonyl (C=O) groups excluding carboxylic acids is 1. The second kappa shape index (κ2) is 8.08. The van der Waals surface area contributed by atoms with Gasteiger partial charge in [0.2, 0.25) is 5.88 Å². The molecule has 1 heterocycles. The van der Waals surface area contributed by atoms with Crippen LogP contribution >= 0.6 is 0 Å². The van der Waals surface area contributed by atoms with Gasteiger partial charge in [-0.3, -0.25) is 15.6 Å². The van der Waals surface area contributed by atoms with Crippen LogP contribution in [0.4, 0.5) is 11.5 Å². The van der Waals surface area contributed by atoms with Crippen molar-refractivity contribution in [1.29, 1.82) is 0 Å². The first-order valence-corrected chi connectivity index (χ1v) is 9.42. The number of ether oxygens (including phenoxy) is 1. The number of aromatic nitrogens is 2. The summed E-state index contributed by atoms with van der Waals surface area (Å²) in [6, 6.07) is 19.0. The number of carbonyl (C=O) groups is 1. The second-order valence-electron chi connectivity index (χ2n) is 6.90. The van der Waals surface area contributed by atoms with E-state index in [1.807, 2.05) is 68.4 Å². The molecule has 0 aliphatic rings. The summed E-state index contributed by atoms with van der Waals surface area (Å²) in [5, 5.41) is 1.84. The molecule has 4 aromatic rings. The van der Waals surface area contributed by atoms with Crippen molar-refractivity contribution in [3.63, 3.8) is 0 Å². The number of hydrogen-bond acceptors (Lipinski definition) is 6. The van der Waals surface area contributed by atoms with Crippen LogP contribution in [0.1, 0.15) is 21.5 Å². The SMILES string of the molecule is Cc1ccc(Oc2ncnc(NNC(=O)c3cccc4ccccc34)c2N)cc1C. The Labute approximate surface area is 173 Å². The topological polar surface area (TPSA) is 102 Å². The van der Waals surface area contributed by atoms with Crippen LogP contribution in [0.3, 0.4) is 0 Å². The maximum Gasteiger partial charge on any atom is 0.270 e. The molecule has 1 aromatic heterocycles. The average Bonchev–Trinajstić information content (AvgIpc) is 2.76. The Morgan fingerprint density at radius 3 is 2.60 bits per heavy atom. The van der Waals surface area contributed by atoms with Gasteiger partial charge in [-0.05, 0) is 53.9 Å². The smallest absolute Gasteiger partial charge is 0.270 e. The zero-order valence-electron chi connectivity index (χ0n) is 16.6. The van der Waals surface area contributed by atoms with E-state index in [0.29, 0.717) is 11.3 Å². The monoisotopic (exact) mass is 399 g/mol. The van der Waals surface area contributed by atoms with E-state index >= 15 is 0 Å². The Morgan fingerprint density at radius 1 is 0.967 bits per heavy atom. The summed E-state index contributed by atoms with van der Waals surface area (Å²) in [5.74, 6) is 0.767. The van der Waals surface area contributed by atoms with Crippen molar-refractivity contribution in [2.75, 3.05) is 11.2 Å². The Kier molecular flexibility index (Phi) is 5.17. The van der Waals surface area contributed by atoms with Crippen molar-refractivity contribution in [3.05, 3.63) is 83.7 Å². The second-order valence-corrected chi connectivity index (χ2v) is 6.90. The fourth-order valence-electron chi connectivity index (χ4n) is 3.06. The lowest BCUT2D eigenvalue weighted by Crippen LogP contribution is -2.30. The third-order valence-corrected chi connectivity index (χ3v) is 4.87. The van der Waals surface area contributed by atoms with Crippen molar-refractivity contribution < 1.29 is 9.53 Å². The van der Waals surface area contributed by atoms with Crippen LogP contribution in [-0.2, 0) is 0 Å². The van der Waals surface area contributed by atoms with Gasteiger partial charge in [-0.15, -0.1) is 0 Å². The molecule has 3 aromatic carbocycles. The lowest BCUT2D eigenvalue weighted by Gasteiger charge is -2.13. The molecule has 0 aliphatic carbocycles. The largest absolute Gasteiger partial charge is 0.437 e. The third kappa shape index (κ3) is 3.86. The summed E-state index contributed by atoms with van der Waals surface area (Å²) in [6.45, 7) is 4.03. The molecule has 7 nitrogen and oxygen atoms in total. The molecule has 0 aliphatic heterocycles. The van der Waals surface area contributed by atoms with Gasteiger partial charge in [0, 0.05) is 5.56 Å². The van der Waals surface area contributed by atoms with Gasteiger partial charge in [0.1, 0.15) is 17.8 Å². The molecular formula is C23H21N5O2. The Balaban J connectivity index is 1.51. The first-order chi connectivity index (χ1) is 14.5. The van der Waals surface area contributed by atoms with Crippen molar-refractivity contribution in [3.8, 4) is 11.6 Å². The summed E-state index contributed by atoms with van der Waals surface area (Å²) in [6.07, 6.45) is 1.32. The third-order valence-electron chi connectivity index (χ3n) is 4.87. The van der Waals surface area contributed by atoms with Gasteiger partial charge in [0.25, 0.3) is 5.91 Å². The van der Waals surface area contributed by atoms with E-state index in [9.17, 15) is 4.79 Å². The molecule has 0 fully saturated rings. The molecule has 0 unspecified atom stereocenters. The maximum atomic E-state index is 12.7. The van der Waals surface area contributed by atoms with Gasteiger partial charge < -0.3 is 10.5 Å². The molecule has 0 saturated heterocycles. The molecule has 4 N–H and O–H groups in total. The van der Waals surface area contributed by atoms with Crippen molar-refractivity contribution in [1.82, 2.24) is 15.4 Å². The normalized spacial score (nSPS) is 10.6. The van der Waals surface area contributed by atoms with Crippen LogP contribution in [0.5, 0.6) is 11.6 Å². The summed E-state index contributed by atoms with van der Waals surface area (Å²) in [7, 11) is 0. The highest BCUT2D eigenvalue weighted by Gasteiger charge is 2.13. The van der Waals surface area contributed by atoms with Crippen molar-refractivity contribution >= 4 is 28.2 Å². The van der Waals surface area contributed by atoms with E-state index in [4.69, 9.17) is 10.5 Å². The lowest BCUT2D eigenvalue weighted by atomic mass is 10.0. The number of hydrazine groups is 1. The molecule has 7 heteroatoms. The Bertz CT molecular complexity index is 1230. The van der Waals surface area contributed by atoms with E-state index in [-0.39, 0.29) is 23.3 Å². The molecule has 0 atom stereocenters. The number of amides is 1. The minimum Gasteiger partial charge on any atom is -0.437 e. The quantitative estimate of drug-likeness (QED) is 0.431. The molecular weight excluding hydrogens is 378 g/mol. The molecule has 150 valence electrons. The maximum absolute atomic E-state index is 12.7. The van der Waals surface area contributed by atoms with Crippen LogP contribution in [0.15, 0.2) is 67.0 Å². The van der Waals surface area contributed by atoms with E-state index in [2.05, 4.69) is 20.8 Å². The first-order valence-electron chi connectivity index (χ1n) is 9.42. The number of nitrogens with one attached hydrogen (secondary N) is 2. The van der Waals surface area contributed by atoms with E-state index in [0.717, 1.165) is 21.9 Å². The average molecular weight is 399 g/mol. The van der Waals surface area contributed by atoms with Crippen molar-refractivity contribution in [2.45, 2.75) is 13.8 Å². The number of anilines is 2. The van der Waals surface area contributed by atoms with Gasteiger partial charge in [-0.25, -0.2) is 4.98 Å². The highest BCUT2D eigenvalue weighted by atomic mass is 16.5. The fraction of sp³-hybridized carbons (Fsp3) is 0.0870. The van der Waals surface area contributed by atoms with Crippen molar-refractivity contribution in [2.24, 2.45) is 0 Å². The number of rotatable bonds is 5. The van der Waals surface area contributed by atoms with E-state index in [1.165, 1.54) is 6.33 Å². The number of nitrogen functional groups attached to an aromatic ring is 1. The molecule has 30 heavy (non-hydrogen) atoms. The summed E-state index contributed by atoms with van der Waals surface area (Å²) < 4.78 is 5.81. The summed E-state index contributed by atoms with van der Waals surface area (Å²) in [5.41, 5.74) is 14.6. The molecule has 0 bridgehead atoms. The standard InChI is InChI=1S/C23H21N5O2/c1-14-10-11-17(12-15(14)2)30-23-20(24)21(25-13-26-23)27-28-22(29)19-9-5-7-16-6-3-4-8-18(16)19/h3-13H,24H2,1-2H3,(H,28,29)(H,25,26,27). The lowest BCUT2D eigenvalue weighted by molar-refractivity contribution is 0.0964. The van der Waals surface area contributed by atoms with E-state index < -0.39 is 0 Å². The summed E-state index contributed by atoms with van der Waals surface area (Å²) >= 11 is 0. The molecule has 0 saturated carbocycles. The summed E-state index contributed by atoms with van der Waals surface area (Å²) in [4.78, 5) is 20.9. The zero-order valence-corrected chi connectivity index (χ0v) is 16.6. The minimum atomic E-state index is -0.304. The zero-order chi connectivity index (χ0) is 21.1. The van der Waals surface area contributed by atoms with Crippen LogP contribution in [0.25, 0.3) is 10.8 Å². The molecule has 0 spiro atoms. The molecule has 1 amide bonds. The Hall–Kier alpha value is -4.13.